The molecule has 0 saturated heterocycles. The number of alkyl halides is 1. The average molecular weight is 355 g/mol. The number of aldehydes is 1. The number of carbonyl (C=O) groups excluding carboxylic acids is 1. The molecule has 0 heterocycles. The lowest BCUT2D eigenvalue weighted by Crippen LogP contribution is -2.58. The molecular weight excluding hydrogens is 324 g/mol. The normalized spacial score (nSPS) is 59.5. The first kappa shape index (κ1) is 17.3. The van der Waals surface area contributed by atoms with Crippen molar-refractivity contribution in [3.05, 3.63) is 0 Å². The van der Waals surface area contributed by atoms with Crippen LogP contribution in [0.5, 0.6) is 0 Å². The third-order valence-electron chi connectivity index (χ3n) is 8.98. The number of fused-ring (bicyclic) bond motifs is 3. The van der Waals surface area contributed by atoms with Crippen LogP contribution in [-0.2, 0) is 4.79 Å². The van der Waals surface area contributed by atoms with E-state index in [4.69, 9.17) is 11.6 Å². The summed E-state index contributed by atoms with van der Waals surface area (Å²) >= 11 is 6.12. The maximum Gasteiger partial charge on any atom is 0.126 e. The van der Waals surface area contributed by atoms with Crippen LogP contribution in [0.1, 0.15) is 71.6 Å². The van der Waals surface area contributed by atoms with E-state index in [1.54, 1.807) is 0 Å². The van der Waals surface area contributed by atoms with E-state index in [1.807, 2.05) is 0 Å². The Hall–Kier alpha value is -0.120. The molecule has 4 rings (SSSR count). The quantitative estimate of drug-likeness (QED) is 0.587. The zero-order valence-corrected chi connectivity index (χ0v) is 15.7. The highest BCUT2D eigenvalue weighted by molar-refractivity contribution is 6.18. The van der Waals surface area contributed by atoms with Crippen LogP contribution in [0.25, 0.3) is 0 Å². The van der Waals surface area contributed by atoms with E-state index in [2.05, 4.69) is 13.8 Å². The van der Waals surface area contributed by atoms with Gasteiger partial charge in [0.2, 0.25) is 0 Å². The summed E-state index contributed by atoms with van der Waals surface area (Å²) in [5, 5.41) is 22.2. The second-order valence-electron chi connectivity index (χ2n) is 10.1. The lowest BCUT2D eigenvalue weighted by atomic mass is 9.41. The Labute approximate surface area is 150 Å². The molecule has 0 radical (unpaired) electrons. The summed E-state index contributed by atoms with van der Waals surface area (Å²) in [6.45, 7) is 4.55. The molecule has 0 aromatic rings. The van der Waals surface area contributed by atoms with Crippen LogP contribution in [0.3, 0.4) is 0 Å². The maximum atomic E-state index is 11.9. The summed E-state index contributed by atoms with van der Waals surface area (Å²) in [5.74, 6) is 1.04. The Bertz CT molecular complexity index is 565. The monoisotopic (exact) mass is 354 g/mol. The van der Waals surface area contributed by atoms with Crippen LogP contribution in [-0.4, -0.2) is 33.6 Å². The summed E-state index contributed by atoms with van der Waals surface area (Å²) in [5.41, 5.74) is -2.22. The lowest BCUT2D eigenvalue weighted by Gasteiger charge is -2.63. The van der Waals surface area contributed by atoms with Crippen LogP contribution in [0.4, 0.5) is 0 Å². The summed E-state index contributed by atoms with van der Waals surface area (Å²) in [4.78, 5) is 11.9. The molecule has 136 valence electrons. The third-order valence-corrected chi connectivity index (χ3v) is 9.42. The minimum absolute atomic E-state index is 0.00300. The van der Waals surface area contributed by atoms with Gasteiger partial charge in [0.1, 0.15) is 11.9 Å². The van der Waals surface area contributed by atoms with Crippen LogP contribution >= 0.6 is 11.6 Å². The van der Waals surface area contributed by atoms with Crippen molar-refractivity contribution in [3.8, 4) is 0 Å². The van der Waals surface area contributed by atoms with Crippen molar-refractivity contribution in [3.63, 3.8) is 0 Å². The fourth-order valence-corrected chi connectivity index (χ4v) is 8.31. The van der Waals surface area contributed by atoms with Gasteiger partial charge in [0.25, 0.3) is 0 Å². The Morgan fingerprint density at radius 2 is 1.75 bits per heavy atom. The lowest BCUT2D eigenvalue weighted by molar-refractivity contribution is -0.171. The molecule has 3 nitrogen and oxygen atoms in total. The average Bonchev–Trinajstić information content (AvgIpc) is 2.69. The van der Waals surface area contributed by atoms with Crippen molar-refractivity contribution in [1.29, 1.82) is 0 Å². The molecule has 1 spiro atoms. The van der Waals surface area contributed by atoms with Crippen molar-refractivity contribution < 1.29 is 15.0 Å². The molecule has 4 aliphatic rings. The van der Waals surface area contributed by atoms with Gasteiger partial charge in [0.05, 0.1) is 11.5 Å². The van der Waals surface area contributed by atoms with E-state index in [1.165, 1.54) is 12.7 Å². The fourth-order valence-electron chi connectivity index (χ4n) is 7.97. The van der Waals surface area contributed by atoms with Gasteiger partial charge < -0.3 is 15.0 Å². The van der Waals surface area contributed by atoms with Gasteiger partial charge in [-0.3, -0.25) is 0 Å². The van der Waals surface area contributed by atoms with Crippen LogP contribution in [0, 0.1) is 28.1 Å². The number of hydrogen-bond acceptors (Lipinski definition) is 3. The van der Waals surface area contributed by atoms with Gasteiger partial charge in [0.15, 0.2) is 0 Å². The van der Waals surface area contributed by atoms with Gasteiger partial charge in [-0.1, -0.05) is 20.3 Å². The van der Waals surface area contributed by atoms with E-state index < -0.39 is 11.2 Å². The van der Waals surface area contributed by atoms with Gasteiger partial charge in [-0.25, -0.2) is 0 Å². The minimum atomic E-state index is -1.14. The summed E-state index contributed by atoms with van der Waals surface area (Å²) in [6.07, 6.45) is 9.48. The molecule has 4 saturated carbocycles. The van der Waals surface area contributed by atoms with Crippen molar-refractivity contribution in [2.45, 2.75) is 82.8 Å². The van der Waals surface area contributed by atoms with E-state index in [0.29, 0.717) is 31.1 Å². The standard InChI is InChI=1S/C20H31ClO3/c1-16(13-22)6-3-7-17(2)14(16)4-8-18-10-19(23,9-5-15(17)18)20(24,11-18)12-21/h13-15,23-24H,3-12H2,1-2H3. The zero-order valence-electron chi connectivity index (χ0n) is 15.0. The molecule has 0 aromatic carbocycles. The first-order chi connectivity index (χ1) is 11.2. The van der Waals surface area contributed by atoms with Crippen LogP contribution in [0.2, 0.25) is 0 Å². The molecule has 4 aliphatic carbocycles. The molecule has 2 N–H and O–H groups in total. The SMILES string of the molecule is CC1(C=O)CCCC2(C)C1CCC13CC(O)(CCl)C(O)(CCC12)C3. The Morgan fingerprint density at radius 3 is 2.42 bits per heavy atom. The smallest absolute Gasteiger partial charge is 0.126 e. The van der Waals surface area contributed by atoms with E-state index in [-0.39, 0.29) is 22.1 Å². The number of halogens is 1. The van der Waals surface area contributed by atoms with Crippen molar-refractivity contribution in [1.82, 2.24) is 0 Å². The van der Waals surface area contributed by atoms with E-state index >= 15 is 0 Å². The van der Waals surface area contributed by atoms with Gasteiger partial charge in [-0.05, 0) is 74.0 Å². The van der Waals surface area contributed by atoms with Gasteiger partial charge >= 0.3 is 0 Å². The third kappa shape index (κ3) is 1.90. The Morgan fingerprint density at radius 1 is 1.04 bits per heavy atom. The molecule has 4 fully saturated rings. The van der Waals surface area contributed by atoms with Crippen LogP contribution in [0.15, 0.2) is 0 Å². The molecule has 24 heavy (non-hydrogen) atoms. The Kier molecular flexibility index (Phi) is 3.59. The van der Waals surface area contributed by atoms with Gasteiger partial charge in [-0.2, -0.15) is 0 Å². The number of carbonyl (C=O) groups is 1. The van der Waals surface area contributed by atoms with Crippen LogP contribution < -0.4 is 0 Å². The minimum Gasteiger partial charge on any atom is -0.387 e. The molecule has 7 unspecified atom stereocenters. The van der Waals surface area contributed by atoms with Crippen molar-refractivity contribution in [2.24, 2.45) is 28.1 Å². The highest BCUT2D eigenvalue weighted by Crippen LogP contribution is 2.73. The topological polar surface area (TPSA) is 57.5 Å². The van der Waals surface area contributed by atoms with Gasteiger partial charge in [0, 0.05) is 5.41 Å². The van der Waals surface area contributed by atoms with Crippen molar-refractivity contribution in [2.75, 3.05) is 5.88 Å². The van der Waals surface area contributed by atoms with Gasteiger partial charge in [-0.15, -0.1) is 11.6 Å². The highest BCUT2D eigenvalue weighted by Gasteiger charge is 2.71. The second-order valence-corrected chi connectivity index (χ2v) is 10.3. The zero-order chi connectivity index (χ0) is 17.4. The highest BCUT2D eigenvalue weighted by atomic mass is 35.5. The number of hydrogen-bond donors (Lipinski definition) is 2. The molecular formula is C20H31ClO3. The summed E-state index contributed by atoms with van der Waals surface area (Å²) < 4.78 is 0. The largest absolute Gasteiger partial charge is 0.387 e. The summed E-state index contributed by atoms with van der Waals surface area (Å²) in [7, 11) is 0. The van der Waals surface area contributed by atoms with E-state index in [9.17, 15) is 15.0 Å². The predicted molar refractivity (Wildman–Crippen MR) is 93.9 cm³/mol. The van der Waals surface area contributed by atoms with Crippen molar-refractivity contribution >= 4 is 17.9 Å². The predicted octanol–water partition coefficient (Wildman–Crippen LogP) is 3.68. The maximum absolute atomic E-state index is 11.9. The number of aliphatic hydroxyl groups is 2. The number of rotatable bonds is 2. The molecule has 0 amide bonds. The summed E-state index contributed by atoms with van der Waals surface area (Å²) in [6, 6.07) is 0. The molecule has 4 heteroatoms. The molecule has 0 aliphatic heterocycles. The Balaban J connectivity index is 1.75. The fraction of sp³-hybridized carbons (Fsp3) is 0.950. The molecule has 7 atom stereocenters. The second kappa shape index (κ2) is 4.98. The first-order valence-electron chi connectivity index (χ1n) is 9.64. The molecule has 0 aromatic heterocycles. The van der Waals surface area contributed by atoms with E-state index in [0.717, 1.165) is 32.1 Å². The first-order valence-corrected chi connectivity index (χ1v) is 10.2. The molecule has 2 bridgehead atoms.